The zero-order valence-corrected chi connectivity index (χ0v) is 14.0. The SMILES string of the molecule is CC(=O)NCCc1cccc2ccc(-c3cnc4[nH]ccc4c3)cc12. The van der Waals surface area contributed by atoms with Gasteiger partial charge in [0.25, 0.3) is 0 Å². The fourth-order valence-electron chi connectivity index (χ4n) is 3.21. The van der Waals surface area contributed by atoms with Crippen LogP contribution in [0.5, 0.6) is 0 Å². The second-order valence-electron chi connectivity index (χ2n) is 6.23. The smallest absolute Gasteiger partial charge is 0.216 e. The molecule has 0 atom stereocenters. The van der Waals surface area contributed by atoms with Crippen LogP contribution in [0.25, 0.3) is 32.9 Å². The summed E-state index contributed by atoms with van der Waals surface area (Å²) in [6.45, 7) is 2.20. The summed E-state index contributed by atoms with van der Waals surface area (Å²) < 4.78 is 0. The Bertz CT molecular complexity index is 1070. The minimum atomic E-state index is 0.00630. The van der Waals surface area contributed by atoms with Gasteiger partial charge in [0, 0.05) is 36.8 Å². The average molecular weight is 329 g/mol. The number of aromatic nitrogens is 2. The first-order valence-electron chi connectivity index (χ1n) is 8.40. The number of carbonyl (C=O) groups is 1. The number of hydrogen-bond acceptors (Lipinski definition) is 2. The van der Waals surface area contributed by atoms with Gasteiger partial charge in [-0.2, -0.15) is 0 Å². The van der Waals surface area contributed by atoms with Gasteiger partial charge in [-0.1, -0.05) is 30.3 Å². The minimum absolute atomic E-state index is 0.00630. The van der Waals surface area contributed by atoms with E-state index in [1.54, 1.807) is 6.92 Å². The van der Waals surface area contributed by atoms with Gasteiger partial charge >= 0.3 is 0 Å². The number of benzene rings is 2. The number of carbonyl (C=O) groups excluding carboxylic acids is 1. The minimum Gasteiger partial charge on any atom is -0.356 e. The lowest BCUT2D eigenvalue weighted by Gasteiger charge is -2.10. The number of pyridine rings is 1. The second-order valence-corrected chi connectivity index (χ2v) is 6.23. The van der Waals surface area contributed by atoms with Crippen molar-refractivity contribution in [1.29, 1.82) is 0 Å². The number of nitrogens with zero attached hydrogens (tertiary/aromatic N) is 1. The Hall–Kier alpha value is -3.14. The highest BCUT2D eigenvalue weighted by atomic mass is 16.1. The molecule has 0 saturated carbocycles. The van der Waals surface area contributed by atoms with E-state index in [9.17, 15) is 4.79 Å². The predicted octanol–water partition coefficient (Wildman–Crippen LogP) is 4.06. The monoisotopic (exact) mass is 329 g/mol. The second kappa shape index (κ2) is 6.40. The molecule has 4 heteroatoms. The number of rotatable bonds is 4. The fraction of sp³-hybridized carbons (Fsp3) is 0.143. The molecule has 4 nitrogen and oxygen atoms in total. The Morgan fingerprint density at radius 1 is 1.08 bits per heavy atom. The topological polar surface area (TPSA) is 57.8 Å². The van der Waals surface area contributed by atoms with Gasteiger partial charge in [-0.3, -0.25) is 4.79 Å². The number of hydrogen-bond donors (Lipinski definition) is 2. The molecule has 25 heavy (non-hydrogen) atoms. The third-order valence-corrected chi connectivity index (χ3v) is 4.47. The lowest BCUT2D eigenvalue weighted by Crippen LogP contribution is -2.22. The molecule has 0 fully saturated rings. The summed E-state index contributed by atoms with van der Waals surface area (Å²) in [5, 5.41) is 6.41. The van der Waals surface area contributed by atoms with Crippen LogP contribution in [0.1, 0.15) is 12.5 Å². The molecule has 2 aromatic carbocycles. The number of aromatic amines is 1. The van der Waals surface area contributed by atoms with Crippen LogP contribution in [0.4, 0.5) is 0 Å². The Morgan fingerprint density at radius 3 is 2.88 bits per heavy atom. The molecule has 0 saturated heterocycles. The molecule has 2 aromatic heterocycles. The van der Waals surface area contributed by atoms with Crippen LogP contribution in [-0.4, -0.2) is 22.4 Å². The van der Waals surface area contributed by atoms with Crippen LogP contribution in [0.15, 0.2) is 60.9 Å². The Balaban J connectivity index is 1.73. The van der Waals surface area contributed by atoms with E-state index in [0.717, 1.165) is 28.6 Å². The maximum atomic E-state index is 11.1. The predicted molar refractivity (Wildman–Crippen MR) is 101 cm³/mol. The molecule has 0 radical (unpaired) electrons. The van der Waals surface area contributed by atoms with Gasteiger partial charge in [0.1, 0.15) is 5.65 Å². The summed E-state index contributed by atoms with van der Waals surface area (Å²) in [6.07, 6.45) is 4.62. The molecular weight excluding hydrogens is 310 g/mol. The van der Waals surface area contributed by atoms with Crippen molar-refractivity contribution in [2.24, 2.45) is 0 Å². The van der Waals surface area contributed by atoms with Gasteiger partial charge in [-0.25, -0.2) is 4.98 Å². The van der Waals surface area contributed by atoms with E-state index in [1.807, 2.05) is 18.5 Å². The van der Waals surface area contributed by atoms with Gasteiger partial charge in [0.15, 0.2) is 0 Å². The van der Waals surface area contributed by atoms with E-state index in [1.165, 1.54) is 16.3 Å². The highest BCUT2D eigenvalue weighted by molar-refractivity contribution is 5.91. The summed E-state index contributed by atoms with van der Waals surface area (Å²) in [5.74, 6) is 0.00630. The first-order chi connectivity index (χ1) is 12.2. The normalized spacial score (nSPS) is 11.1. The highest BCUT2D eigenvalue weighted by Gasteiger charge is 2.06. The summed E-state index contributed by atoms with van der Waals surface area (Å²) in [5.41, 5.74) is 4.39. The number of H-pyrrole nitrogens is 1. The van der Waals surface area contributed by atoms with E-state index < -0.39 is 0 Å². The van der Waals surface area contributed by atoms with E-state index in [4.69, 9.17) is 0 Å². The van der Waals surface area contributed by atoms with E-state index in [2.05, 4.69) is 57.7 Å². The molecule has 0 aliphatic rings. The summed E-state index contributed by atoms with van der Waals surface area (Å²) >= 11 is 0. The molecule has 0 unspecified atom stereocenters. The van der Waals surface area contributed by atoms with E-state index in [-0.39, 0.29) is 5.91 Å². The first-order valence-corrected chi connectivity index (χ1v) is 8.40. The van der Waals surface area contributed by atoms with Gasteiger partial charge < -0.3 is 10.3 Å². The van der Waals surface area contributed by atoms with Crippen molar-refractivity contribution in [2.45, 2.75) is 13.3 Å². The molecular formula is C21H19N3O. The van der Waals surface area contributed by atoms with Crippen molar-refractivity contribution < 1.29 is 4.79 Å². The maximum absolute atomic E-state index is 11.1. The summed E-state index contributed by atoms with van der Waals surface area (Å²) in [7, 11) is 0. The highest BCUT2D eigenvalue weighted by Crippen LogP contribution is 2.28. The van der Waals surface area contributed by atoms with Crippen LogP contribution in [0, 0.1) is 0 Å². The van der Waals surface area contributed by atoms with Gasteiger partial charge in [-0.15, -0.1) is 0 Å². The van der Waals surface area contributed by atoms with Crippen molar-refractivity contribution in [3.8, 4) is 11.1 Å². The molecule has 4 rings (SSSR count). The third kappa shape index (κ3) is 3.11. The third-order valence-electron chi connectivity index (χ3n) is 4.47. The van der Waals surface area contributed by atoms with Crippen LogP contribution in [0.2, 0.25) is 0 Å². The average Bonchev–Trinajstić information content (AvgIpc) is 3.09. The van der Waals surface area contributed by atoms with Crippen molar-refractivity contribution in [3.63, 3.8) is 0 Å². The molecule has 1 amide bonds. The fourth-order valence-corrected chi connectivity index (χ4v) is 3.21. The zero-order valence-electron chi connectivity index (χ0n) is 14.0. The van der Waals surface area contributed by atoms with Crippen molar-refractivity contribution in [2.75, 3.05) is 6.54 Å². The molecule has 2 N–H and O–H groups in total. The number of nitrogens with one attached hydrogen (secondary N) is 2. The molecule has 0 spiro atoms. The van der Waals surface area contributed by atoms with Crippen LogP contribution >= 0.6 is 0 Å². The Kier molecular flexibility index (Phi) is 3.94. The first kappa shape index (κ1) is 15.4. The molecule has 0 bridgehead atoms. The van der Waals surface area contributed by atoms with Crippen molar-refractivity contribution in [1.82, 2.24) is 15.3 Å². The Morgan fingerprint density at radius 2 is 2.00 bits per heavy atom. The van der Waals surface area contributed by atoms with Gasteiger partial charge in [-0.05, 0) is 46.5 Å². The van der Waals surface area contributed by atoms with E-state index in [0.29, 0.717) is 6.54 Å². The number of fused-ring (bicyclic) bond motifs is 2. The lowest BCUT2D eigenvalue weighted by molar-refractivity contribution is -0.118. The lowest BCUT2D eigenvalue weighted by atomic mass is 9.97. The van der Waals surface area contributed by atoms with Crippen molar-refractivity contribution in [3.05, 3.63) is 66.5 Å². The summed E-state index contributed by atoms with van der Waals surface area (Å²) in [4.78, 5) is 18.7. The maximum Gasteiger partial charge on any atom is 0.216 e. The van der Waals surface area contributed by atoms with Crippen LogP contribution < -0.4 is 5.32 Å². The molecule has 124 valence electrons. The van der Waals surface area contributed by atoms with E-state index >= 15 is 0 Å². The van der Waals surface area contributed by atoms with Crippen molar-refractivity contribution >= 4 is 27.7 Å². The van der Waals surface area contributed by atoms with Gasteiger partial charge in [0.2, 0.25) is 5.91 Å². The van der Waals surface area contributed by atoms with Crippen LogP contribution in [-0.2, 0) is 11.2 Å². The van der Waals surface area contributed by atoms with Gasteiger partial charge in [0.05, 0.1) is 0 Å². The van der Waals surface area contributed by atoms with Crippen LogP contribution in [0.3, 0.4) is 0 Å². The molecule has 2 heterocycles. The number of amides is 1. The quantitative estimate of drug-likeness (QED) is 0.593. The standard InChI is InChI=1S/C21H19N3O/c1-14(25)22-9-7-16-4-2-3-15-5-6-17(12-20(15)16)19-11-18-8-10-23-21(18)24-13-19/h2-6,8,10-13H,7,9H2,1H3,(H,22,25)(H,23,24). The zero-order chi connectivity index (χ0) is 17.2. The molecule has 0 aliphatic heterocycles. The Labute approximate surface area is 145 Å². The largest absolute Gasteiger partial charge is 0.356 e. The molecule has 0 aliphatic carbocycles. The molecule has 4 aromatic rings. The summed E-state index contributed by atoms with van der Waals surface area (Å²) in [6, 6.07) is 17.0.